The predicted molar refractivity (Wildman–Crippen MR) is 210 cm³/mol. The number of benzene rings is 2. The summed E-state index contributed by atoms with van der Waals surface area (Å²) in [6, 6.07) is 13.5. The normalized spacial score (nSPS) is 11.4. The van der Waals surface area contributed by atoms with Crippen molar-refractivity contribution in [2.45, 2.75) is 68.0 Å². The lowest BCUT2D eigenvalue weighted by Crippen LogP contribution is -2.37. The molecule has 316 valence electrons. The maximum absolute atomic E-state index is 13.4. The van der Waals surface area contributed by atoms with Gasteiger partial charge in [0.2, 0.25) is 0 Å². The lowest BCUT2D eigenvalue weighted by Gasteiger charge is -2.23. The molecule has 3 N–H and O–H groups in total. The van der Waals surface area contributed by atoms with Crippen LogP contribution < -0.4 is 10.6 Å². The number of aliphatic hydroxyl groups is 1. The third kappa shape index (κ3) is 18.7. The van der Waals surface area contributed by atoms with Crippen molar-refractivity contribution >= 4 is 35.9 Å². The Labute approximate surface area is 335 Å². The monoisotopic (exact) mass is 800 g/mol. The van der Waals surface area contributed by atoms with Gasteiger partial charge in [0.15, 0.2) is 0 Å². The minimum Gasteiger partial charge on any atom is -0.394 e. The number of amides is 4. The minimum atomic E-state index is -0.854. The summed E-state index contributed by atoms with van der Waals surface area (Å²) < 4.78 is 26.5. The third-order valence-electron chi connectivity index (χ3n) is 8.06. The van der Waals surface area contributed by atoms with Crippen LogP contribution in [0.3, 0.4) is 0 Å². The van der Waals surface area contributed by atoms with E-state index < -0.39 is 35.0 Å². The second-order valence-corrected chi connectivity index (χ2v) is 15.1. The minimum absolute atomic E-state index is 0.102. The molecule has 0 aliphatic carbocycles. The van der Waals surface area contributed by atoms with Crippen molar-refractivity contribution in [1.29, 1.82) is 0 Å². The Morgan fingerprint density at radius 3 is 1.23 bits per heavy atom. The van der Waals surface area contributed by atoms with Crippen molar-refractivity contribution < 1.29 is 57.6 Å². The van der Waals surface area contributed by atoms with Gasteiger partial charge in [-0.05, 0) is 83.4 Å². The molecule has 0 fully saturated rings. The van der Waals surface area contributed by atoms with Gasteiger partial charge in [-0.1, -0.05) is 31.2 Å². The molecule has 0 spiro atoms. The fourth-order valence-electron chi connectivity index (χ4n) is 4.70. The van der Waals surface area contributed by atoms with Gasteiger partial charge in [-0.2, -0.15) is 0 Å². The summed E-state index contributed by atoms with van der Waals surface area (Å²) in [5.74, 6) is -1.68. The van der Waals surface area contributed by atoms with E-state index in [1.807, 2.05) is 6.92 Å². The van der Waals surface area contributed by atoms with Crippen LogP contribution in [0.2, 0.25) is 0 Å². The fraction of sp³-hybridized carbons (Fsp3) is 0.561. The van der Waals surface area contributed by atoms with Crippen LogP contribution in [0.4, 0.5) is 9.59 Å². The summed E-state index contributed by atoms with van der Waals surface area (Å²) >= 11 is 0. The Balaban J connectivity index is 1.79. The number of carbonyl (C=O) groups excluding carboxylic acids is 6. The zero-order chi connectivity index (χ0) is 42.4. The molecule has 0 aliphatic rings. The smallest absolute Gasteiger partial charge is 0.394 e. The van der Waals surface area contributed by atoms with Crippen LogP contribution in [-0.4, -0.2) is 123 Å². The summed E-state index contributed by atoms with van der Waals surface area (Å²) in [7, 11) is 0. The largest absolute Gasteiger partial charge is 0.415 e. The molecule has 16 heteroatoms. The van der Waals surface area contributed by atoms with Gasteiger partial charge in [0, 0.05) is 50.4 Å². The predicted octanol–water partition coefficient (Wildman–Crippen LogP) is 4.32. The van der Waals surface area contributed by atoms with Crippen molar-refractivity contribution in [3.05, 3.63) is 70.8 Å². The highest BCUT2D eigenvalue weighted by atomic mass is 16.6. The SMILES string of the molecule is CCCN(CCOCCOCCN(CCOCCO)C(=O)c1ccc(CNC(=O)OC(=O)C(C)(C)C)cc1)C(=O)c1ccc(CNC(=O)OC(=O)C(C)(C)C)cc1. The average molecular weight is 801 g/mol. The number of nitrogens with zero attached hydrogens (tertiary/aromatic N) is 2. The molecule has 57 heavy (non-hydrogen) atoms. The number of carbonyl (C=O) groups is 6. The Hall–Kier alpha value is -4.90. The molecule has 0 atom stereocenters. The molecule has 0 bridgehead atoms. The third-order valence-corrected chi connectivity index (χ3v) is 8.06. The number of rotatable bonds is 22. The van der Waals surface area contributed by atoms with Gasteiger partial charge in [-0.25, -0.2) is 9.59 Å². The van der Waals surface area contributed by atoms with Gasteiger partial charge in [0.25, 0.3) is 11.8 Å². The molecule has 0 aromatic heterocycles. The van der Waals surface area contributed by atoms with E-state index >= 15 is 0 Å². The molecule has 0 aliphatic heterocycles. The van der Waals surface area contributed by atoms with E-state index in [0.29, 0.717) is 36.4 Å². The second-order valence-electron chi connectivity index (χ2n) is 15.1. The van der Waals surface area contributed by atoms with Crippen LogP contribution >= 0.6 is 0 Å². The number of hydrogen-bond donors (Lipinski definition) is 3. The first kappa shape index (κ1) is 48.2. The highest BCUT2D eigenvalue weighted by molar-refractivity contribution is 5.95. The number of ether oxygens (including phenoxy) is 5. The summed E-state index contributed by atoms with van der Waals surface area (Å²) in [5, 5.41) is 14.1. The summed E-state index contributed by atoms with van der Waals surface area (Å²) in [6.07, 6.45) is -0.935. The van der Waals surface area contributed by atoms with E-state index in [9.17, 15) is 28.8 Å². The average Bonchev–Trinajstić information content (AvgIpc) is 3.16. The van der Waals surface area contributed by atoms with Crippen molar-refractivity contribution in [2.75, 3.05) is 72.4 Å². The highest BCUT2D eigenvalue weighted by Gasteiger charge is 2.27. The first-order chi connectivity index (χ1) is 27.0. The zero-order valence-corrected chi connectivity index (χ0v) is 34.4. The van der Waals surface area contributed by atoms with Crippen LogP contribution in [-0.2, 0) is 46.4 Å². The lowest BCUT2D eigenvalue weighted by molar-refractivity contribution is -0.147. The van der Waals surface area contributed by atoms with Crippen LogP contribution in [0.5, 0.6) is 0 Å². The molecule has 0 heterocycles. The summed E-state index contributed by atoms with van der Waals surface area (Å²) in [4.78, 5) is 77.6. The van der Waals surface area contributed by atoms with Gasteiger partial charge < -0.3 is 49.2 Å². The van der Waals surface area contributed by atoms with Crippen LogP contribution in [0.1, 0.15) is 86.7 Å². The second kappa shape index (κ2) is 24.7. The number of hydrogen-bond acceptors (Lipinski definition) is 12. The molecule has 4 amide bonds. The maximum atomic E-state index is 13.4. The van der Waals surface area contributed by atoms with Crippen molar-refractivity contribution in [1.82, 2.24) is 20.4 Å². The maximum Gasteiger partial charge on any atom is 0.415 e. The molecule has 0 unspecified atom stereocenters. The quantitative estimate of drug-likeness (QED) is 0.0868. The molecular weight excluding hydrogens is 740 g/mol. The van der Waals surface area contributed by atoms with E-state index in [0.717, 1.165) is 12.0 Å². The fourth-order valence-corrected chi connectivity index (χ4v) is 4.70. The number of nitrogens with one attached hydrogen (secondary N) is 2. The van der Waals surface area contributed by atoms with Gasteiger partial charge in [-0.15, -0.1) is 0 Å². The first-order valence-electron chi connectivity index (χ1n) is 19.1. The molecule has 0 radical (unpaired) electrons. The zero-order valence-electron chi connectivity index (χ0n) is 34.4. The van der Waals surface area contributed by atoms with Gasteiger partial charge >= 0.3 is 24.1 Å². The number of aliphatic hydroxyl groups excluding tert-OH is 1. The Bertz CT molecular complexity index is 1580. The Kier molecular flexibility index (Phi) is 20.9. The van der Waals surface area contributed by atoms with Crippen molar-refractivity contribution in [3.63, 3.8) is 0 Å². The molecule has 16 nitrogen and oxygen atoms in total. The van der Waals surface area contributed by atoms with Crippen molar-refractivity contribution in [2.24, 2.45) is 10.8 Å². The van der Waals surface area contributed by atoms with Gasteiger partial charge in [0.05, 0.1) is 57.1 Å². The van der Waals surface area contributed by atoms with E-state index in [1.54, 1.807) is 99.9 Å². The topological polar surface area (TPSA) is 199 Å². The molecule has 0 saturated carbocycles. The standard InChI is InChI=1S/C41H60N4O12/c1-8-17-44(34(47)32-13-9-30(10-14-32)28-42-38(51)56-36(49)40(2,3)4)18-23-54-26-27-55-24-20-45(19-22-53-25-21-46)35(48)33-15-11-31(12-16-33)29-43-39(52)57-37(50)41(5,6)7/h9-16,46H,8,17-29H2,1-7H3,(H,42,51)(H,43,52). The van der Waals surface area contributed by atoms with Crippen molar-refractivity contribution in [3.8, 4) is 0 Å². The van der Waals surface area contributed by atoms with Crippen LogP contribution in [0, 0.1) is 10.8 Å². The molecular formula is C41H60N4O12. The highest BCUT2D eigenvalue weighted by Crippen LogP contribution is 2.16. The van der Waals surface area contributed by atoms with E-state index in [2.05, 4.69) is 10.6 Å². The van der Waals surface area contributed by atoms with Crippen LogP contribution in [0.15, 0.2) is 48.5 Å². The van der Waals surface area contributed by atoms with E-state index in [4.69, 9.17) is 28.8 Å². The van der Waals surface area contributed by atoms with Gasteiger partial charge in [-0.3, -0.25) is 19.2 Å². The Morgan fingerprint density at radius 1 is 0.544 bits per heavy atom. The molecule has 2 rings (SSSR count). The number of alkyl carbamates (subject to hydrolysis) is 2. The van der Waals surface area contributed by atoms with E-state index in [1.165, 1.54) is 0 Å². The van der Waals surface area contributed by atoms with Crippen LogP contribution in [0.25, 0.3) is 0 Å². The number of esters is 2. The first-order valence-corrected chi connectivity index (χ1v) is 19.1. The lowest BCUT2D eigenvalue weighted by atomic mass is 9.97. The summed E-state index contributed by atoms with van der Waals surface area (Å²) in [6.45, 7) is 14.9. The Morgan fingerprint density at radius 2 is 0.895 bits per heavy atom. The van der Waals surface area contributed by atoms with Gasteiger partial charge in [0.1, 0.15) is 0 Å². The molecule has 0 saturated heterocycles. The van der Waals surface area contributed by atoms with E-state index in [-0.39, 0.29) is 77.6 Å². The molecule has 2 aromatic carbocycles. The summed E-state index contributed by atoms with van der Waals surface area (Å²) in [5.41, 5.74) is 0.722. The molecule has 2 aromatic rings.